The molecule has 1 aromatic carbocycles. The van der Waals surface area contributed by atoms with E-state index in [9.17, 15) is 4.79 Å². The smallest absolute Gasteiger partial charge is 0.293 e. The van der Waals surface area contributed by atoms with E-state index in [0.717, 1.165) is 18.0 Å². The summed E-state index contributed by atoms with van der Waals surface area (Å²) in [5.74, 6) is 0.489. The lowest BCUT2D eigenvalue weighted by Gasteiger charge is -2.18. The fraction of sp³-hybridized carbons (Fsp3) is 0.333. The Hall–Kier alpha value is -1.81. The lowest BCUT2D eigenvalue weighted by atomic mass is 10.1. The van der Waals surface area contributed by atoms with Crippen LogP contribution >= 0.6 is 11.6 Å². The number of hydrogen-bond acceptors (Lipinski definition) is 3. The van der Waals surface area contributed by atoms with Crippen LogP contribution in [0.25, 0.3) is 0 Å². The molecule has 0 saturated carbocycles. The van der Waals surface area contributed by atoms with Gasteiger partial charge in [-0.25, -0.2) is 4.98 Å². The van der Waals surface area contributed by atoms with Crippen molar-refractivity contribution >= 4 is 17.4 Å². The third-order valence-corrected chi connectivity index (χ3v) is 3.50. The zero-order valence-corrected chi connectivity index (χ0v) is 12.5. The van der Waals surface area contributed by atoms with Crippen molar-refractivity contribution in [1.82, 2.24) is 9.55 Å². The van der Waals surface area contributed by atoms with E-state index in [1.165, 1.54) is 5.56 Å². The molecule has 2 aromatic rings. The maximum absolute atomic E-state index is 12.1. The molecule has 0 aliphatic carbocycles. The fourth-order valence-corrected chi connectivity index (χ4v) is 2.13. The van der Waals surface area contributed by atoms with Gasteiger partial charge in [0, 0.05) is 37.6 Å². The van der Waals surface area contributed by atoms with Gasteiger partial charge in [-0.1, -0.05) is 23.7 Å². The van der Waals surface area contributed by atoms with Crippen LogP contribution in [-0.2, 0) is 13.0 Å². The average molecular weight is 292 g/mol. The van der Waals surface area contributed by atoms with Crippen molar-refractivity contribution in [3.63, 3.8) is 0 Å². The van der Waals surface area contributed by atoms with Crippen LogP contribution in [0.15, 0.2) is 41.5 Å². The first-order valence-corrected chi connectivity index (χ1v) is 7.00. The van der Waals surface area contributed by atoms with Crippen molar-refractivity contribution in [3.05, 3.63) is 57.6 Å². The Kier molecular flexibility index (Phi) is 4.79. The first-order chi connectivity index (χ1) is 9.61. The third-order valence-electron chi connectivity index (χ3n) is 3.25. The van der Waals surface area contributed by atoms with Crippen molar-refractivity contribution in [3.8, 4) is 0 Å². The highest BCUT2D eigenvalue weighted by atomic mass is 35.5. The van der Waals surface area contributed by atoms with Crippen LogP contribution in [0.1, 0.15) is 12.5 Å². The number of anilines is 1. The van der Waals surface area contributed by atoms with E-state index in [1.807, 2.05) is 43.1 Å². The quantitative estimate of drug-likeness (QED) is 0.850. The molecule has 5 heteroatoms. The number of aryl methyl sites for hydroxylation is 1. The van der Waals surface area contributed by atoms with Gasteiger partial charge in [0.05, 0.1) is 0 Å². The standard InChI is InChI=1S/C15H18ClN3O/c1-3-19-11-9-17-14(15(19)20)18(2)10-8-12-4-6-13(16)7-5-12/h4-7,9,11H,3,8,10H2,1-2H3. The normalized spacial score (nSPS) is 10.6. The maximum atomic E-state index is 12.1. The highest BCUT2D eigenvalue weighted by Crippen LogP contribution is 2.11. The summed E-state index contributed by atoms with van der Waals surface area (Å²) in [7, 11) is 1.89. The predicted octanol–water partition coefficient (Wildman–Crippen LogP) is 2.60. The highest BCUT2D eigenvalue weighted by molar-refractivity contribution is 6.30. The molecule has 0 aliphatic rings. The largest absolute Gasteiger partial charge is 0.355 e. The molecular formula is C15H18ClN3O. The van der Waals surface area contributed by atoms with E-state index in [2.05, 4.69) is 4.98 Å². The van der Waals surface area contributed by atoms with Crippen molar-refractivity contribution < 1.29 is 0 Å². The number of hydrogen-bond donors (Lipinski definition) is 0. The van der Waals surface area contributed by atoms with Crippen molar-refractivity contribution in [2.24, 2.45) is 0 Å². The second-order valence-corrected chi connectivity index (χ2v) is 5.08. The fourth-order valence-electron chi connectivity index (χ4n) is 2.00. The van der Waals surface area contributed by atoms with Gasteiger partial charge >= 0.3 is 0 Å². The molecule has 0 saturated heterocycles. The minimum Gasteiger partial charge on any atom is -0.355 e. The van der Waals surface area contributed by atoms with Gasteiger partial charge in [0.1, 0.15) is 0 Å². The zero-order valence-electron chi connectivity index (χ0n) is 11.7. The first-order valence-electron chi connectivity index (χ1n) is 6.63. The molecule has 0 unspecified atom stereocenters. The van der Waals surface area contributed by atoms with Gasteiger partial charge in [0.2, 0.25) is 0 Å². The Morgan fingerprint density at radius 3 is 2.65 bits per heavy atom. The molecule has 2 rings (SSSR count). The topological polar surface area (TPSA) is 38.1 Å². The van der Waals surface area contributed by atoms with Crippen molar-refractivity contribution in [2.75, 3.05) is 18.5 Å². The monoisotopic (exact) mass is 291 g/mol. The molecule has 0 bridgehead atoms. The van der Waals surface area contributed by atoms with Gasteiger partial charge in [-0.05, 0) is 31.0 Å². The molecule has 20 heavy (non-hydrogen) atoms. The van der Waals surface area contributed by atoms with E-state index in [-0.39, 0.29) is 5.56 Å². The molecule has 0 aliphatic heterocycles. The van der Waals surface area contributed by atoms with E-state index >= 15 is 0 Å². The number of likely N-dealkylation sites (N-methyl/N-ethyl adjacent to an activating group) is 1. The lowest BCUT2D eigenvalue weighted by molar-refractivity contribution is 0.707. The van der Waals surface area contributed by atoms with Gasteiger partial charge in [0.25, 0.3) is 5.56 Å². The van der Waals surface area contributed by atoms with Gasteiger partial charge in [-0.2, -0.15) is 0 Å². The van der Waals surface area contributed by atoms with Crippen LogP contribution in [0, 0.1) is 0 Å². The van der Waals surface area contributed by atoms with Gasteiger partial charge in [-0.15, -0.1) is 0 Å². The maximum Gasteiger partial charge on any atom is 0.293 e. The van der Waals surface area contributed by atoms with E-state index in [1.54, 1.807) is 17.0 Å². The number of halogens is 1. The second-order valence-electron chi connectivity index (χ2n) is 4.64. The lowest BCUT2D eigenvalue weighted by Crippen LogP contribution is -2.31. The molecule has 0 N–H and O–H groups in total. The SMILES string of the molecule is CCn1ccnc(N(C)CCc2ccc(Cl)cc2)c1=O. The van der Waals surface area contributed by atoms with Crippen LogP contribution in [0.2, 0.25) is 5.02 Å². The average Bonchev–Trinajstić information content (AvgIpc) is 2.46. The molecule has 1 heterocycles. The Bertz CT molecular complexity index is 622. The number of rotatable bonds is 5. The summed E-state index contributed by atoms with van der Waals surface area (Å²) < 4.78 is 1.65. The van der Waals surface area contributed by atoms with Crippen molar-refractivity contribution in [1.29, 1.82) is 0 Å². The summed E-state index contributed by atoms with van der Waals surface area (Å²) in [6.45, 7) is 3.33. The van der Waals surface area contributed by atoms with Crippen LogP contribution in [0.5, 0.6) is 0 Å². The minimum absolute atomic E-state index is 0.0476. The molecule has 0 atom stereocenters. The second kappa shape index (κ2) is 6.57. The molecule has 0 spiro atoms. The van der Waals surface area contributed by atoms with E-state index < -0.39 is 0 Å². The molecule has 0 amide bonds. The predicted molar refractivity (Wildman–Crippen MR) is 82.6 cm³/mol. The molecule has 4 nitrogen and oxygen atoms in total. The Morgan fingerprint density at radius 1 is 1.30 bits per heavy atom. The summed E-state index contributed by atoms with van der Waals surface area (Å²) in [6, 6.07) is 7.75. The van der Waals surface area contributed by atoms with Crippen LogP contribution in [-0.4, -0.2) is 23.1 Å². The molecular weight excluding hydrogens is 274 g/mol. The number of aromatic nitrogens is 2. The summed E-state index contributed by atoms with van der Waals surface area (Å²) in [4.78, 5) is 18.2. The number of benzene rings is 1. The molecule has 106 valence electrons. The summed E-state index contributed by atoms with van der Waals surface area (Å²) in [5.41, 5.74) is 1.14. The number of nitrogens with zero attached hydrogens (tertiary/aromatic N) is 3. The van der Waals surface area contributed by atoms with Gasteiger partial charge in [-0.3, -0.25) is 4.79 Å². The van der Waals surface area contributed by atoms with Crippen LogP contribution in [0.4, 0.5) is 5.82 Å². The van der Waals surface area contributed by atoms with Crippen molar-refractivity contribution in [2.45, 2.75) is 19.9 Å². The third kappa shape index (κ3) is 3.39. The van der Waals surface area contributed by atoms with Crippen LogP contribution < -0.4 is 10.5 Å². The van der Waals surface area contributed by atoms with E-state index in [4.69, 9.17) is 11.6 Å². The molecule has 1 aromatic heterocycles. The minimum atomic E-state index is -0.0476. The zero-order chi connectivity index (χ0) is 14.5. The Labute approximate surface area is 123 Å². The molecule has 0 fully saturated rings. The first kappa shape index (κ1) is 14.6. The molecule has 0 radical (unpaired) electrons. The Morgan fingerprint density at radius 2 is 2.00 bits per heavy atom. The summed E-state index contributed by atoms with van der Waals surface area (Å²) >= 11 is 5.86. The summed E-state index contributed by atoms with van der Waals surface area (Å²) in [5, 5.41) is 0.734. The van der Waals surface area contributed by atoms with Gasteiger partial charge in [0.15, 0.2) is 5.82 Å². The van der Waals surface area contributed by atoms with E-state index in [0.29, 0.717) is 12.4 Å². The summed E-state index contributed by atoms with van der Waals surface area (Å²) in [6.07, 6.45) is 4.22. The highest BCUT2D eigenvalue weighted by Gasteiger charge is 2.09. The van der Waals surface area contributed by atoms with Gasteiger partial charge < -0.3 is 9.47 Å². The van der Waals surface area contributed by atoms with Crippen LogP contribution in [0.3, 0.4) is 0 Å². The Balaban J connectivity index is 2.07.